The molecule has 1 aliphatic rings. The number of halogens is 1. The summed E-state index contributed by atoms with van der Waals surface area (Å²) in [5, 5.41) is 6.38. The van der Waals surface area contributed by atoms with Gasteiger partial charge in [0, 0.05) is 28.6 Å². The van der Waals surface area contributed by atoms with Crippen molar-refractivity contribution in [2.45, 2.75) is 31.8 Å². The maximum Gasteiger partial charge on any atom is 0.296 e. The van der Waals surface area contributed by atoms with Crippen LogP contribution in [0.15, 0.2) is 48.5 Å². The number of benzene rings is 2. The fourth-order valence-electron chi connectivity index (χ4n) is 2.87. The van der Waals surface area contributed by atoms with Crippen LogP contribution in [0, 0.1) is 18.8 Å². The highest BCUT2D eigenvalue weighted by Gasteiger charge is 2.31. The highest BCUT2D eigenvalue weighted by Crippen LogP contribution is 2.20. The molecule has 1 saturated carbocycles. The number of ether oxygens (including phenoxy) is 1. The summed E-state index contributed by atoms with van der Waals surface area (Å²) in [7, 11) is 0. The summed E-state index contributed by atoms with van der Waals surface area (Å²) in [4.78, 5) is 23.9. The molecule has 2 aromatic carbocycles. The van der Waals surface area contributed by atoms with Crippen LogP contribution in [-0.2, 0) is 9.59 Å². The third kappa shape index (κ3) is 5.77. The molecule has 0 spiro atoms. The largest absolute Gasteiger partial charge is 0.484 e. The van der Waals surface area contributed by atoms with E-state index in [0.29, 0.717) is 23.6 Å². The lowest BCUT2D eigenvalue weighted by atomic mass is 9.86. The van der Waals surface area contributed by atoms with E-state index in [0.717, 1.165) is 11.1 Å². The summed E-state index contributed by atoms with van der Waals surface area (Å²) >= 11 is 5.81. The average Bonchev–Trinajstić information content (AvgIpc) is 2.65. The fraction of sp³-hybridized carbons (Fsp3) is 0.273. The zero-order valence-corrected chi connectivity index (χ0v) is 16.3. The van der Waals surface area contributed by atoms with Crippen LogP contribution in [0.5, 0.6) is 5.75 Å². The fourth-order valence-corrected chi connectivity index (χ4v) is 2.99. The van der Waals surface area contributed by atoms with Gasteiger partial charge in [-0.1, -0.05) is 35.7 Å². The number of rotatable bonds is 5. The van der Waals surface area contributed by atoms with Crippen LogP contribution in [0.3, 0.4) is 0 Å². The third-order valence-electron chi connectivity index (χ3n) is 4.46. The van der Waals surface area contributed by atoms with Crippen LogP contribution >= 0.6 is 11.6 Å². The first-order valence-electron chi connectivity index (χ1n) is 9.05. The van der Waals surface area contributed by atoms with Crippen molar-refractivity contribution in [1.82, 2.24) is 10.6 Å². The Bertz CT molecular complexity index is 909. The normalized spacial score (nSPS) is 17.5. The van der Waals surface area contributed by atoms with E-state index in [-0.39, 0.29) is 30.5 Å². The second-order valence-electron chi connectivity index (χ2n) is 6.72. The minimum Gasteiger partial charge on any atom is -0.484 e. The van der Waals surface area contributed by atoms with E-state index in [4.69, 9.17) is 16.3 Å². The maximum absolute atomic E-state index is 12.0. The second kappa shape index (κ2) is 9.29. The molecule has 1 fully saturated rings. The molecule has 0 aromatic heterocycles. The average molecular weight is 397 g/mol. The van der Waals surface area contributed by atoms with E-state index in [9.17, 15) is 9.59 Å². The third-order valence-corrected chi connectivity index (χ3v) is 4.71. The molecule has 0 atom stereocenters. The summed E-state index contributed by atoms with van der Waals surface area (Å²) in [5.74, 6) is 5.58. The van der Waals surface area contributed by atoms with Crippen molar-refractivity contribution in [3.05, 3.63) is 64.7 Å². The molecule has 28 heavy (non-hydrogen) atoms. The number of carbonyl (C=O) groups is 2. The molecule has 5 nitrogen and oxygen atoms in total. The van der Waals surface area contributed by atoms with Crippen molar-refractivity contribution in [1.29, 1.82) is 0 Å². The van der Waals surface area contributed by atoms with Crippen molar-refractivity contribution >= 4 is 23.4 Å². The van der Waals surface area contributed by atoms with Crippen molar-refractivity contribution < 1.29 is 14.3 Å². The molecule has 0 saturated heterocycles. The molecule has 2 aromatic rings. The van der Waals surface area contributed by atoms with Crippen LogP contribution < -0.4 is 15.4 Å². The van der Waals surface area contributed by atoms with Gasteiger partial charge in [-0.25, -0.2) is 0 Å². The van der Waals surface area contributed by atoms with Crippen molar-refractivity contribution in [2.75, 3.05) is 6.61 Å². The molecular weight excluding hydrogens is 376 g/mol. The first-order valence-corrected chi connectivity index (χ1v) is 9.43. The van der Waals surface area contributed by atoms with E-state index < -0.39 is 0 Å². The molecule has 3 rings (SSSR count). The first-order chi connectivity index (χ1) is 13.5. The zero-order chi connectivity index (χ0) is 19.9. The highest BCUT2D eigenvalue weighted by molar-refractivity contribution is 6.30. The molecular formula is C22H21ClN2O3. The van der Waals surface area contributed by atoms with Crippen LogP contribution in [0.1, 0.15) is 24.0 Å². The van der Waals surface area contributed by atoms with Gasteiger partial charge in [0.05, 0.1) is 0 Å². The summed E-state index contributed by atoms with van der Waals surface area (Å²) in [6.45, 7) is 1.91. The number of nitrogens with one attached hydrogen (secondary N) is 2. The van der Waals surface area contributed by atoms with Gasteiger partial charge in [-0.3, -0.25) is 9.59 Å². The second-order valence-corrected chi connectivity index (χ2v) is 7.15. The Hall–Kier alpha value is -2.97. The Morgan fingerprint density at radius 3 is 2.46 bits per heavy atom. The van der Waals surface area contributed by atoms with Crippen molar-refractivity contribution in [3.63, 3.8) is 0 Å². The van der Waals surface area contributed by atoms with Gasteiger partial charge in [0.15, 0.2) is 6.61 Å². The Kier molecular flexibility index (Phi) is 6.57. The standard InChI is InChI=1S/C22H21ClN2O3/c1-15-4-2-3-5-20(15)28-14-22(27)25-19-12-18(13-19)24-21(26)11-8-16-6-9-17(23)10-7-16/h2-7,9-10,18-19H,12-14H2,1H3,(H,24,26)(H,25,27). The Labute approximate surface area is 169 Å². The molecule has 144 valence electrons. The molecule has 0 radical (unpaired) electrons. The van der Waals surface area contributed by atoms with Gasteiger partial charge < -0.3 is 15.4 Å². The molecule has 0 heterocycles. The molecule has 6 heteroatoms. The number of amides is 2. The number of hydrogen-bond donors (Lipinski definition) is 2. The van der Waals surface area contributed by atoms with E-state index in [1.54, 1.807) is 24.3 Å². The van der Waals surface area contributed by atoms with Crippen molar-refractivity contribution in [3.8, 4) is 17.6 Å². The summed E-state index contributed by atoms with van der Waals surface area (Å²) in [6.07, 6.45) is 1.37. The Balaban J connectivity index is 1.35. The summed E-state index contributed by atoms with van der Waals surface area (Å²) < 4.78 is 5.53. The lowest BCUT2D eigenvalue weighted by Gasteiger charge is -2.35. The van der Waals surface area contributed by atoms with E-state index in [1.807, 2.05) is 31.2 Å². The molecule has 0 bridgehead atoms. The number of aryl methyl sites for hydroxylation is 1. The molecule has 0 aliphatic heterocycles. The van der Waals surface area contributed by atoms with Gasteiger partial charge in [0.25, 0.3) is 11.8 Å². The predicted octanol–water partition coefficient (Wildman–Crippen LogP) is 2.84. The van der Waals surface area contributed by atoms with Gasteiger partial charge in [-0.05, 0) is 55.7 Å². The summed E-state index contributed by atoms with van der Waals surface area (Å²) in [5.41, 5.74) is 1.72. The van der Waals surface area contributed by atoms with Crippen LogP contribution in [0.25, 0.3) is 0 Å². The van der Waals surface area contributed by atoms with Crippen LogP contribution in [0.2, 0.25) is 5.02 Å². The highest BCUT2D eigenvalue weighted by atomic mass is 35.5. The minimum absolute atomic E-state index is 0.0228. The number of hydrogen-bond acceptors (Lipinski definition) is 3. The van der Waals surface area contributed by atoms with Gasteiger partial charge in [0.1, 0.15) is 5.75 Å². The van der Waals surface area contributed by atoms with Gasteiger partial charge in [-0.15, -0.1) is 0 Å². The quantitative estimate of drug-likeness (QED) is 0.764. The Morgan fingerprint density at radius 1 is 1.07 bits per heavy atom. The summed E-state index contributed by atoms with van der Waals surface area (Å²) in [6, 6.07) is 14.6. The number of carbonyl (C=O) groups excluding carboxylic acids is 2. The van der Waals surface area contributed by atoms with Gasteiger partial charge in [0.2, 0.25) is 0 Å². The Morgan fingerprint density at radius 2 is 1.75 bits per heavy atom. The van der Waals surface area contributed by atoms with E-state index >= 15 is 0 Å². The van der Waals surface area contributed by atoms with Crippen LogP contribution in [0.4, 0.5) is 0 Å². The van der Waals surface area contributed by atoms with Crippen LogP contribution in [-0.4, -0.2) is 30.5 Å². The molecule has 1 aliphatic carbocycles. The smallest absolute Gasteiger partial charge is 0.296 e. The predicted molar refractivity (Wildman–Crippen MR) is 108 cm³/mol. The first kappa shape index (κ1) is 19.8. The van der Waals surface area contributed by atoms with Crippen molar-refractivity contribution in [2.24, 2.45) is 0 Å². The number of para-hydroxylation sites is 1. The SMILES string of the molecule is Cc1ccccc1OCC(=O)NC1CC(NC(=O)C#Cc2ccc(Cl)cc2)C1. The van der Waals surface area contributed by atoms with Gasteiger partial charge in [-0.2, -0.15) is 0 Å². The zero-order valence-electron chi connectivity index (χ0n) is 15.5. The van der Waals surface area contributed by atoms with E-state index in [2.05, 4.69) is 22.5 Å². The molecule has 2 amide bonds. The van der Waals surface area contributed by atoms with E-state index in [1.165, 1.54) is 0 Å². The molecule has 2 N–H and O–H groups in total. The topological polar surface area (TPSA) is 67.4 Å². The monoisotopic (exact) mass is 396 g/mol. The maximum atomic E-state index is 12.0. The van der Waals surface area contributed by atoms with Gasteiger partial charge >= 0.3 is 0 Å². The lowest BCUT2D eigenvalue weighted by molar-refractivity contribution is -0.124. The lowest BCUT2D eigenvalue weighted by Crippen LogP contribution is -2.54. The minimum atomic E-state index is -0.326. The molecule has 0 unspecified atom stereocenters.